The van der Waals surface area contributed by atoms with Crippen LogP contribution in [-0.4, -0.2) is 91.5 Å². The molecule has 0 spiro atoms. The van der Waals surface area contributed by atoms with Gasteiger partial charge in [0.1, 0.15) is 0 Å². The van der Waals surface area contributed by atoms with Gasteiger partial charge >= 0.3 is 0 Å². The fourth-order valence-corrected chi connectivity index (χ4v) is 3.60. The number of hydrogen-bond acceptors (Lipinski definition) is 7. The van der Waals surface area contributed by atoms with Crippen LogP contribution >= 0.6 is 0 Å². The van der Waals surface area contributed by atoms with E-state index in [1.165, 1.54) is 0 Å². The molecule has 0 radical (unpaired) electrons. The molecule has 3 aromatic rings. The predicted octanol–water partition coefficient (Wildman–Crippen LogP) is 2.79. The standard InChI is InChI=1S/C27H36N10/c1-4-13-35-19-10-31-25(35)22-28-7-16-34(17-8-29-23-26-32-11-20-36(26)14-5-2)18-9-30-24-27-33-12-21-37(27)15-6-3/h4-6,10-12,19-24H,1-3,7-9,13-18H2. The molecule has 0 unspecified atom stereocenters. The zero-order valence-corrected chi connectivity index (χ0v) is 21.4. The number of rotatable bonds is 18. The van der Waals surface area contributed by atoms with E-state index in [4.69, 9.17) is 0 Å². The summed E-state index contributed by atoms with van der Waals surface area (Å²) in [5, 5.41) is 0. The summed E-state index contributed by atoms with van der Waals surface area (Å²) < 4.78 is 6.01. The first-order valence-electron chi connectivity index (χ1n) is 12.3. The first kappa shape index (κ1) is 27.4. The van der Waals surface area contributed by atoms with Crippen molar-refractivity contribution in [1.29, 1.82) is 0 Å². The fraction of sp³-hybridized carbons (Fsp3) is 0.333. The maximum atomic E-state index is 4.59. The highest BCUT2D eigenvalue weighted by Gasteiger charge is 2.05. The monoisotopic (exact) mass is 500 g/mol. The molecule has 3 aromatic heterocycles. The van der Waals surface area contributed by atoms with Gasteiger partial charge in [0.15, 0.2) is 17.5 Å². The molecule has 0 aromatic carbocycles. The molecule has 0 N–H and O–H groups in total. The van der Waals surface area contributed by atoms with Crippen LogP contribution in [-0.2, 0) is 19.6 Å². The molecule has 0 aliphatic carbocycles. The minimum absolute atomic E-state index is 0.655. The highest BCUT2D eigenvalue weighted by atomic mass is 15.2. The topological polar surface area (TPSA) is 93.8 Å². The third-order valence-electron chi connectivity index (χ3n) is 5.48. The molecular formula is C27H36N10. The van der Waals surface area contributed by atoms with Crippen LogP contribution in [0, 0.1) is 0 Å². The molecule has 0 aliphatic rings. The van der Waals surface area contributed by atoms with Gasteiger partial charge in [-0.2, -0.15) is 0 Å². The maximum Gasteiger partial charge on any atom is 0.150 e. The molecule has 0 aliphatic heterocycles. The second-order valence-corrected chi connectivity index (χ2v) is 8.13. The third kappa shape index (κ3) is 9.08. The number of aliphatic imine (C=N–C) groups is 3. The van der Waals surface area contributed by atoms with E-state index < -0.39 is 0 Å². The second kappa shape index (κ2) is 15.7. The Labute approximate surface area is 218 Å². The third-order valence-corrected chi connectivity index (χ3v) is 5.48. The average molecular weight is 501 g/mol. The number of allylic oxidation sites excluding steroid dienone is 3. The Kier molecular flexibility index (Phi) is 11.7. The van der Waals surface area contributed by atoms with Gasteiger partial charge in [-0.05, 0) is 0 Å². The van der Waals surface area contributed by atoms with Gasteiger partial charge in [0.05, 0.1) is 38.3 Å². The summed E-state index contributed by atoms with van der Waals surface area (Å²) in [5.74, 6) is 2.47. The Balaban J connectivity index is 1.54. The van der Waals surface area contributed by atoms with E-state index in [2.05, 4.69) is 54.6 Å². The first-order valence-corrected chi connectivity index (χ1v) is 12.3. The Bertz CT molecular complexity index is 1050. The van der Waals surface area contributed by atoms with Crippen molar-refractivity contribution in [2.75, 3.05) is 39.3 Å². The van der Waals surface area contributed by atoms with E-state index in [0.29, 0.717) is 39.3 Å². The first-order chi connectivity index (χ1) is 18.2. The Morgan fingerprint density at radius 1 is 0.595 bits per heavy atom. The number of aromatic nitrogens is 6. The van der Waals surface area contributed by atoms with Crippen molar-refractivity contribution in [2.24, 2.45) is 15.0 Å². The van der Waals surface area contributed by atoms with E-state index in [9.17, 15) is 0 Å². The molecule has 10 nitrogen and oxygen atoms in total. The lowest BCUT2D eigenvalue weighted by Gasteiger charge is -2.19. The molecule has 37 heavy (non-hydrogen) atoms. The summed E-state index contributed by atoms with van der Waals surface area (Å²) in [7, 11) is 0. The van der Waals surface area contributed by atoms with Gasteiger partial charge in [0.2, 0.25) is 0 Å². The average Bonchev–Trinajstić information content (AvgIpc) is 3.65. The molecule has 194 valence electrons. The lowest BCUT2D eigenvalue weighted by molar-refractivity contribution is 0.298. The van der Waals surface area contributed by atoms with Crippen LogP contribution in [0.25, 0.3) is 0 Å². The van der Waals surface area contributed by atoms with Crippen LogP contribution in [0.15, 0.2) is 90.1 Å². The normalized spacial score (nSPS) is 11.9. The lowest BCUT2D eigenvalue weighted by atomic mass is 10.4. The predicted molar refractivity (Wildman–Crippen MR) is 151 cm³/mol. The van der Waals surface area contributed by atoms with Gasteiger partial charge in [-0.25, -0.2) is 15.0 Å². The molecule has 0 amide bonds. The molecule has 0 saturated carbocycles. The van der Waals surface area contributed by atoms with Crippen LogP contribution in [0.5, 0.6) is 0 Å². The number of hydrogen-bond donors (Lipinski definition) is 0. The van der Waals surface area contributed by atoms with Crippen LogP contribution in [0.2, 0.25) is 0 Å². The molecule has 0 atom stereocenters. The molecule has 3 rings (SSSR count). The molecular weight excluding hydrogens is 464 g/mol. The van der Waals surface area contributed by atoms with Gasteiger partial charge in [0, 0.05) is 76.4 Å². The molecule has 3 heterocycles. The van der Waals surface area contributed by atoms with E-state index >= 15 is 0 Å². The van der Waals surface area contributed by atoms with Crippen LogP contribution in [0.4, 0.5) is 0 Å². The fourth-order valence-electron chi connectivity index (χ4n) is 3.60. The summed E-state index contributed by atoms with van der Waals surface area (Å²) in [6.07, 6.45) is 22.1. The summed E-state index contributed by atoms with van der Waals surface area (Å²) in [6, 6.07) is 0. The zero-order chi connectivity index (χ0) is 26.1. The van der Waals surface area contributed by atoms with Gasteiger partial charge in [0.25, 0.3) is 0 Å². The van der Waals surface area contributed by atoms with Gasteiger partial charge in [-0.3, -0.25) is 19.9 Å². The summed E-state index contributed by atoms with van der Waals surface area (Å²) in [6.45, 7) is 17.8. The molecule has 0 fully saturated rings. The Morgan fingerprint density at radius 2 is 0.919 bits per heavy atom. The Morgan fingerprint density at radius 3 is 1.22 bits per heavy atom. The van der Waals surface area contributed by atoms with Crippen molar-refractivity contribution in [3.8, 4) is 0 Å². The van der Waals surface area contributed by atoms with Crippen molar-refractivity contribution in [3.63, 3.8) is 0 Å². The van der Waals surface area contributed by atoms with Gasteiger partial charge < -0.3 is 13.7 Å². The highest BCUT2D eigenvalue weighted by Crippen LogP contribution is 1.98. The van der Waals surface area contributed by atoms with E-state index in [1.807, 2.05) is 69.2 Å². The minimum atomic E-state index is 0.655. The minimum Gasteiger partial charge on any atom is -0.326 e. The SMILES string of the molecule is C=CCn1ccnc1C=NCCN(CCN=Cc1nccn1CC=C)CCN=Cc1nccn1CC=C. The van der Waals surface area contributed by atoms with Gasteiger partial charge in [-0.1, -0.05) is 18.2 Å². The zero-order valence-electron chi connectivity index (χ0n) is 21.4. The second-order valence-electron chi connectivity index (χ2n) is 8.13. The summed E-state index contributed by atoms with van der Waals surface area (Å²) >= 11 is 0. The Hall–Kier alpha value is -4.18. The number of nitrogens with zero attached hydrogens (tertiary/aromatic N) is 10. The molecule has 10 heteroatoms. The van der Waals surface area contributed by atoms with E-state index in [0.717, 1.165) is 37.1 Å². The number of imidazole rings is 3. The summed E-state index contributed by atoms with van der Waals surface area (Å²) in [5.41, 5.74) is 0. The van der Waals surface area contributed by atoms with E-state index in [-0.39, 0.29) is 0 Å². The van der Waals surface area contributed by atoms with Crippen molar-refractivity contribution in [3.05, 3.63) is 92.6 Å². The van der Waals surface area contributed by atoms with Crippen LogP contribution < -0.4 is 0 Å². The molecule has 0 bridgehead atoms. The van der Waals surface area contributed by atoms with Crippen LogP contribution in [0.1, 0.15) is 17.5 Å². The maximum absolute atomic E-state index is 4.59. The van der Waals surface area contributed by atoms with Gasteiger partial charge in [-0.15, -0.1) is 19.7 Å². The van der Waals surface area contributed by atoms with Crippen LogP contribution in [0.3, 0.4) is 0 Å². The van der Waals surface area contributed by atoms with Crippen molar-refractivity contribution in [2.45, 2.75) is 19.6 Å². The van der Waals surface area contributed by atoms with Crippen molar-refractivity contribution < 1.29 is 0 Å². The van der Waals surface area contributed by atoms with E-state index in [1.54, 1.807) is 18.6 Å². The lowest BCUT2D eigenvalue weighted by Crippen LogP contribution is -2.31. The van der Waals surface area contributed by atoms with Crippen molar-refractivity contribution >= 4 is 18.6 Å². The quantitative estimate of drug-likeness (QED) is 0.198. The van der Waals surface area contributed by atoms with Crippen molar-refractivity contribution in [1.82, 2.24) is 33.6 Å². The summed E-state index contributed by atoms with van der Waals surface area (Å²) in [4.78, 5) is 29.1. The molecule has 0 saturated heterocycles. The highest BCUT2D eigenvalue weighted by molar-refractivity contribution is 5.75. The smallest absolute Gasteiger partial charge is 0.150 e. The largest absolute Gasteiger partial charge is 0.326 e.